The molecular formula is C14H17ClN2O4. The lowest BCUT2D eigenvalue weighted by Gasteiger charge is -2.26. The number of amides is 1. The Morgan fingerprint density at radius 2 is 2.10 bits per heavy atom. The molecule has 0 radical (unpaired) electrons. The molecule has 1 aromatic rings. The first-order valence-electron chi connectivity index (χ1n) is 6.80. The number of carbonyl (C=O) groups is 1. The highest BCUT2D eigenvalue weighted by molar-refractivity contribution is 6.31. The summed E-state index contributed by atoms with van der Waals surface area (Å²) in [6, 6.07) is 3.88. The fourth-order valence-electron chi connectivity index (χ4n) is 2.73. The third kappa shape index (κ3) is 3.51. The van der Waals surface area contributed by atoms with Crippen molar-refractivity contribution in [3.8, 4) is 0 Å². The van der Waals surface area contributed by atoms with Crippen LogP contribution in [0.3, 0.4) is 0 Å². The predicted octanol–water partition coefficient (Wildman–Crippen LogP) is 2.53. The summed E-state index contributed by atoms with van der Waals surface area (Å²) < 4.78 is 0. The zero-order valence-corrected chi connectivity index (χ0v) is 12.2. The number of aliphatic hydroxyl groups excluding tert-OH is 1. The number of nitro benzene ring substituents is 1. The molecule has 0 atom stereocenters. The van der Waals surface area contributed by atoms with Gasteiger partial charge in [0.15, 0.2) is 0 Å². The van der Waals surface area contributed by atoms with E-state index in [1.165, 1.54) is 18.2 Å². The molecule has 1 saturated carbocycles. The highest BCUT2D eigenvalue weighted by Crippen LogP contribution is 2.37. The molecule has 1 amide bonds. The van der Waals surface area contributed by atoms with Gasteiger partial charge < -0.3 is 10.4 Å². The van der Waals surface area contributed by atoms with Crippen molar-refractivity contribution >= 4 is 23.2 Å². The van der Waals surface area contributed by atoms with Gasteiger partial charge in [-0.2, -0.15) is 0 Å². The van der Waals surface area contributed by atoms with Gasteiger partial charge in [0.25, 0.3) is 11.6 Å². The van der Waals surface area contributed by atoms with Gasteiger partial charge in [0.1, 0.15) is 5.56 Å². The van der Waals surface area contributed by atoms with Crippen LogP contribution in [0, 0.1) is 15.5 Å². The maximum atomic E-state index is 12.2. The monoisotopic (exact) mass is 312 g/mol. The van der Waals surface area contributed by atoms with Crippen LogP contribution in [0.25, 0.3) is 0 Å². The van der Waals surface area contributed by atoms with Gasteiger partial charge in [-0.3, -0.25) is 14.9 Å². The van der Waals surface area contributed by atoms with E-state index >= 15 is 0 Å². The Bertz CT molecular complexity index is 556. The second-order valence-electron chi connectivity index (χ2n) is 5.47. The van der Waals surface area contributed by atoms with Crippen LogP contribution in [0.4, 0.5) is 5.69 Å². The van der Waals surface area contributed by atoms with Crippen LogP contribution in [-0.4, -0.2) is 29.1 Å². The minimum atomic E-state index is -0.609. The molecule has 0 aromatic heterocycles. The van der Waals surface area contributed by atoms with Crippen LogP contribution < -0.4 is 5.32 Å². The van der Waals surface area contributed by atoms with E-state index in [0.29, 0.717) is 6.54 Å². The third-order valence-electron chi connectivity index (χ3n) is 4.02. The maximum Gasteiger partial charge on any atom is 0.282 e. The molecule has 114 valence electrons. The molecule has 0 spiro atoms. The summed E-state index contributed by atoms with van der Waals surface area (Å²) in [6.45, 7) is 0.316. The van der Waals surface area contributed by atoms with Crippen molar-refractivity contribution in [2.24, 2.45) is 5.41 Å². The molecule has 0 saturated heterocycles. The highest BCUT2D eigenvalue weighted by atomic mass is 35.5. The van der Waals surface area contributed by atoms with E-state index in [-0.39, 0.29) is 28.3 Å². The Morgan fingerprint density at radius 3 is 2.67 bits per heavy atom. The van der Waals surface area contributed by atoms with Crippen LogP contribution in [0.5, 0.6) is 0 Å². The molecule has 1 aromatic carbocycles. The average Bonchev–Trinajstić information content (AvgIpc) is 2.94. The molecule has 21 heavy (non-hydrogen) atoms. The first-order valence-corrected chi connectivity index (χ1v) is 7.18. The van der Waals surface area contributed by atoms with Crippen LogP contribution in [0.1, 0.15) is 36.0 Å². The summed E-state index contributed by atoms with van der Waals surface area (Å²) in [5.41, 5.74) is -0.636. The molecule has 7 heteroatoms. The van der Waals surface area contributed by atoms with E-state index in [0.717, 1.165) is 25.7 Å². The summed E-state index contributed by atoms with van der Waals surface area (Å²) >= 11 is 5.80. The van der Waals surface area contributed by atoms with Gasteiger partial charge in [0.2, 0.25) is 0 Å². The lowest BCUT2D eigenvalue weighted by Crippen LogP contribution is -2.38. The molecule has 0 unspecified atom stereocenters. The molecular weight excluding hydrogens is 296 g/mol. The van der Waals surface area contributed by atoms with E-state index in [9.17, 15) is 20.0 Å². The quantitative estimate of drug-likeness (QED) is 0.645. The first kappa shape index (κ1) is 15.7. The molecule has 0 aliphatic heterocycles. The zero-order valence-electron chi connectivity index (χ0n) is 11.5. The minimum Gasteiger partial charge on any atom is -0.396 e. The van der Waals surface area contributed by atoms with Crippen LogP contribution in [0.2, 0.25) is 5.02 Å². The lowest BCUT2D eigenvalue weighted by atomic mass is 9.87. The number of carbonyl (C=O) groups excluding carboxylic acids is 1. The molecule has 6 nitrogen and oxygen atoms in total. The number of halogens is 1. The van der Waals surface area contributed by atoms with Crippen LogP contribution >= 0.6 is 11.6 Å². The van der Waals surface area contributed by atoms with E-state index in [1.54, 1.807) is 0 Å². The molecule has 2 N–H and O–H groups in total. The number of rotatable bonds is 5. The van der Waals surface area contributed by atoms with Crippen molar-refractivity contribution < 1.29 is 14.8 Å². The Labute approximate surface area is 127 Å². The fraction of sp³-hybridized carbons (Fsp3) is 0.500. The number of nitro groups is 1. The summed E-state index contributed by atoms with van der Waals surface area (Å²) in [5, 5.41) is 23.4. The van der Waals surface area contributed by atoms with Gasteiger partial charge in [-0.1, -0.05) is 24.4 Å². The van der Waals surface area contributed by atoms with E-state index in [1.807, 2.05) is 0 Å². The Kier molecular flexibility index (Phi) is 4.80. The van der Waals surface area contributed by atoms with Gasteiger partial charge in [-0.05, 0) is 25.0 Å². The molecule has 0 bridgehead atoms. The zero-order chi connectivity index (χ0) is 15.5. The SMILES string of the molecule is O=C(NCC1(CO)CCCC1)c1cc(Cl)ccc1[N+](=O)[O-]. The lowest BCUT2D eigenvalue weighted by molar-refractivity contribution is -0.385. The number of hydrogen-bond acceptors (Lipinski definition) is 4. The van der Waals surface area contributed by atoms with Crippen LogP contribution in [0.15, 0.2) is 18.2 Å². The normalized spacial score (nSPS) is 16.7. The van der Waals surface area contributed by atoms with Crippen molar-refractivity contribution in [1.82, 2.24) is 5.32 Å². The number of hydrogen-bond donors (Lipinski definition) is 2. The standard InChI is InChI=1S/C14H17ClN2O4/c15-10-3-4-12(17(20)21)11(7-10)13(19)16-8-14(9-18)5-1-2-6-14/h3-4,7,18H,1-2,5-6,8-9H2,(H,16,19). The Balaban J connectivity index is 2.13. The number of nitrogens with zero attached hydrogens (tertiary/aromatic N) is 1. The molecule has 0 heterocycles. The van der Waals surface area contributed by atoms with E-state index in [2.05, 4.69) is 5.32 Å². The van der Waals surface area contributed by atoms with Gasteiger partial charge >= 0.3 is 0 Å². The van der Waals surface area contributed by atoms with Crippen LogP contribution in [-0.2, 0) is 0 Å². The minimum absolute atomic E-state index is 0.00488. The van der Waals surface area contributed by atoms with E-state index in [4.69, 9.17) is 11.6 Å². The van der Waals surface area contributed by atoms with Gasteiger partial charge in [-0.25, -0.2) is 0 Å². The number of benzene rings is 1. The van der Waals surface area contributed by atoms with Crippen molar-refractivity contribution in [2.45, 2.75) is 25.7 Å². The third-order valence-corrected chi connectivity index (χ3v) is 4.26. The second kappa shape index (κ2) is 6.41. The molecule has 1 fully saturated rings. The smallest absolute Gasteiger partial charge is 0.282 e. The number of nitrogens with one attached hydrogen (secondary N) is 1. The predicted molar refractivity (Wildman–Crippen MR) is 78.4 cm³/mol. The Morgan fingerprint density at radius 1 is 1.43 bits per heavy atom. The Hall–Kier alpha value is -1.66. The topological polar surface area (TPSA) is 92.5 Å². The summed E-state index contributed by atoms with van der Waals surface area (Å²) in [6.07, 6.45) is 3.74. The molecule has 1 aliphatic rings. The molecule has 2 rings (SSSR count). The van der Waals surface area contributed by atoms with Gasteiger partial charge in [-0.15, -0.1) is 0 Å². The average molecular weight is 313 g/mol. The maximum absolute atomic E-state index is 12.2. The fourth-order valence-corrected chi connectivity index (χ4v) is 2.90. The van der Waals surface area contributed by atoms with Crippen molar-refractivity contribution in [3.63, 3.8) is 0 Å². The highest BCUT2D eigenvalue weighted by Gasteiger charge is 2.34. The van der Waals surface area contributed by atoms with Crippen molar-refractivity contribution in [1.29, 1.82) is 0 Å². The number of aliphatic hydroxyl groups is 1. The summed E-state index contributed by atoms with van der Waals surface area (Å²) in [5.74, 6) is -0.538. The van der Waals surface area contributed by atoms with Gasteiger partial charge in [0.05, 0.1) is 11.5 Å². The van der Waals surface area contributed by atoms with Crippen molar-refractivity contribution in [2.75, 3.05) is 13.2 Å². The largest absolute Gasteiger partial charge is 0.396 e. The summed E-state index contributed by atoms with van der Waals surface area (Å²) in [4.78, 5) is 22.5. The molecule has 1 aliphatic carbocycles. The van der Waals surface area contributed by atoms with Gasteiger partial charge in [0, 0.05) is 23.0 Å². The van der Waals surface area contributed by atoms with E-state index < -0.39 is 10.8 Å². The summed E-state index contributed by atoms with van der Waals surface area (Å²) in [7, 11) is 0. The second-order valence-corrected chi connectivity index (χ2v) is 5.90. The van der Waals surface area contributed by atoms with Crippen molar-refractivity contribution in [3.05, 3.63) is 38.9 Å². The first-order chi connectivity index (χ1) is 9.97.